The molecule has 5 heteroatoms. The second-order valence-corrected chi connectivity index (χ2v) is 4.80. The number of aromatic nitrogens is 1. The lowest BCUT2D eigenvalue weighted by molar-refractivity contribution is -0.126. The van der Waals surface area contributed by atoms with E-state index in [1.54, 1.807) is 6.20 Å². The van der Waals surface area contributed by atoms with E-state index in [1.807, 2.05) is 12.1 Å². The molecule has 1 heterocycles. The highest BCUT2D eigenvalue weighted by molar-refractivity contribution is 6.30. The van der Waals surface area contributed by atoms with Crippen molar-refractivity contribution in [2.75, 3.05) is 0 Å². The van der Waals surface area contributed by atoms with Crippen LogP contribution in [0.4, 0.5) is 0 Å². The molecular weight excluding hydrogens is 238 g/mol. The molecule has 1 amide bonds. The molecule has 2 rings (SSSR count). The van der Waals surface area contributed by atoms with Gasteiger partial charge >= 0.3 is 0 Å². The fourth-order valence-electron chi connectivity index (χ4n) is 2.49. The molecule has 0 atom stereocenters. The number of carbonyl (C=O) groups is 1. The molecule has 0 spiro atoms. The number of pyridine rings is 1. The van der Waals surface area contributed by atoms with Gasteiger partial charge < -0.3 is 0 Å². The second-order valence-electron chi connectivity index (χ2n) is 4.44. The van der Waals surface area contributed by atoms with Crippen molar-refractivity contribution in [2.45, 2.75) is 31.6 Å². The van der Waals surface area contributed by atoms with Gasteiger partial charge in [-0.05, 0) is 43.2 Å². The van der Waals surface area contributed by atoms with E-state index in [-0.39, 0.29) is 11.8 Å². The minimum absolute atomic E-state index is 0.0479. The van der Waals surface area contributed by atoms with Gasteiger partial charge in [-0.15, -0.1) is 0 Å². The Morgan fingerprint density at radius 2 is 2.12 bits per heavy atom. The van der Waals surface area contributed by atoms with Gasteiger partial charge in [0, 0.05) is 12.1 Å². The molecule has 1 aliphatic rings. The molecule has 3 N–H and O–H groups in total. The van der Waals surface area contributed by atoms with Crippen LogP contribution < -0.4 is 11.3 Å². The number of hydrogen-bond donors (Lipinski definition) is 2. The lowest BCUT2D eigenvalue weighted by Crippen LogP contribution is -2.37. The van der Waals surface area contributed by atoms with Crippen LogP contribution in [0.3, 0.4) is 0 Å². The molecule has 0 radical (unpaired) electrons. The number of nitrogens with two attached hydrogens (primary N) is 1. The number of hydrazine groups is 1. The largest absolute Gasteiger partial charge is 0.294 e. The van der Waals surface area contributed by atoms with E-state index < -0.39 is 0 Å². The summed E-state index contributed by atoms with van der Waals surface area (Å²) >= 11 is 6.07. The number of nitrogens with zero attached hydrogens (tertiary/aromatic N) is 1. The summed E-state index contributed by atoms with van der Waals surface area (Å²) in [4.78, 5) is 15.5. The molecule has 0 unspecified atom stereocenters. The fraction of sp³-hybridized carbons (Fsp3) is 0.500. The Balaban J connectivity index is 2.00. The minimum atomic E-state index is -0.0549. The third-order valence-electron chi connectivity index (χ3n) is 3.47. The monoisotopic (exact) mass is 253 g/mol. The van der Waals surface area contributed by atoms with Gasteiger partial charge in [0.2, 0.25) is 5.91 Å². The number of hydrogen-bond acceptors (Lipinski definition) is 3. The Labute approximate surface area is 106 Å². The maximum absolute atomic E-state index is 11.4. The molecule has 1 saturated carbocycles. The first-order chi connectivity index (χ1) is 8.22. The second kappa shape index (κ2) is 5.47. The number of nitrogens with one attached hydrogen (secondary N) is 1. The summed E-state index contributed by atoms with van der Waals surface area (Å²) in [6, 6.07) is 3.92. The summed E-state index contributed by atoms with van der Waals surface area (Å²) in [5.74, 6) is 5.55. The van der Waals surface area contributed by atoms with E-state index in [4.69, 9.17) is 17.4 Å². The number of rotatable bonds is 2. The van der Waals surface area contributed by atoms with E-state index in [0.717, 1.165) is 31.2 Å². The Bertz CT molecular complexity index is 402. The maximum atomic E-state index is 11.4. The van der Waals surface area contributed by atoms with E-state index in [0.29, 0.717) is 11.1 Å². The summed E-state index contributed by atoms with van der Waals surface area (Å²) in [5, 5.41) is 0.583. The molecule has 17 heavy (non-hydrogen) atoms. The number of amides is 1. The average Bonchev–Trinajstić information content (AvgIpc) is 2.39. The predicted octanol–water partition coefficient (Wildman–Crippen LogP) is 2.00. The zero-order valence-electron chi connectivity index (χ0n) is 9.53. The fourth-order valence-corrected chi connectivity index (χ4v) is 2.76. The van der Waals surface area contributed by atoms with Crippen LogP contribution in [0.5, 0.6) is 0 Å². The highest BCUT2D eigenvalue weighted by atomic mass is 35.5. The van der Waals surface area contributed by atoms with E-state index >= 15 is 0 Å². The Hall–Kier alpha value is -1.13. The normalized spacial score (nSPS) is 24.4. The van der Waals surface area contributed by atoms with Crippen molar-refractivity contribution in [3.63, 3.8) is 0 Å². The number of halogens is 1. The van der Waals surface area contributed by atoms with Crippen LogP contribution in [0.25, 0.3) is 0 Å². The van der Waals surface area contributed by atoms with Crippen LogP contribution >= 0.6 is 11.6 Å². The molecule has 4 nitrogen and oxygen atoms in total. The van der Waals surface area contributed by atoms with Crippen LogP contribution in [0.15, 0.2) is 18.3 Å². The van der Waals surface area contributed by atoms with Crippen molar-refractivity contribution in [2.24, 2.45) is 11.8 Å². The lowest BCUT2D eigenvalue weighted by Gasteiger charge is -2.27. The average molecular weight is 254 g/mol. The molecule has 0 aliphatic heterocycles. The molecular formula is C12H16ClN3O. The van der Waals surface area contributed by atoms with Crippen molar-refractivity contribution in [3.05, 3.63) is 29.0 Å². The van der Waals surface area contributed by atoms with Crippen molar-refractivity contribution < 1.29 is 4.79 Å². The van der Waals surface area contributed by atoms with Crippen molar-refractivity contribution in [3.8, 4) is 0 Å². The Morgan fingerprint density at radius 1 is 1.41 bits per heavy atom. The first-order valence-corrected chi connectivity index (χ1v) is 6.21. The van der Waals surface area contributed by atoms with Gasteiger partial charge in [-0.1, -0.05) is 17.7 Å². The SMILES string of the molecule is NNC(=O)[C@H]1CC[C@H](c2cccnc2Cl)CC1. The van der Waals surface area contributed by atoms with Gasteiger partial charge in [0.05, 0.1) is 0 Å². The molecule has 1 aromatic heterocycles. The van der Waals surface area contributed by atoms with E-state index in [1.165, 1.54) is 0 Å². The van der Waals surface area contributed by atoms with Gasteiger partial charge in [-0.3, -0.25) is 10.2 Å². The van der Waals surface area contributed by atoms with Crippen molar-refractivity contribution in [1.29, 1.82) is 0 Å². The quantitative estimate of drug-likeness (QED) is 0.367. The third kappa shape index (κ3) is 2.76. The lowest BCUT2D eigenvalue weighted by atomic mass is 9.79. The first-order valence-electron chi connectivity index (χ1n) is 5.83. The minimum Gasteiger partial charge on any atom is -0.294 e. The third-order valence-corrected chi connectivity index (χ3v) is 3.78. The van der Waals surface area contributed by atoms with Crippen molar-refractivity contribution in [1.82, 2.24) is 10.4 Å². The van der Waals surface area contributed by atoms with Gasteiger partial charge in [0.1, 0.15) is 5.15 Å². The van der Waals surface area contributed by atoms with Gasteiger partial charge in [-0.2, -0.15) is 0 Å². The molecule has 0 saturated heterocycles. The molecule has 0 aromatic carbocycles. The number of carbonyl (C=O) groups excluding carboxylic acids is 1. The van der Waals surface area contributed by atoms with Gasteiger partial charge in [-0.25, -0.2) is 10.8 Å². The molecule has 92 valence electrons. The van der Waals surface area contributed by atoms with Crippen molar-refractivity contribution >= 4 is 17.5 Å². The highest BCUT2D eigenvalue weighted by Gasteiger charge is 2.27. The highest BCUT2D eigenvalue weighted by Crippen LogP contribution is 2.37. The molecule has 1 aliphatic carbocycles. The van der Waals surface area contributed by atoms with Crippen LogP contribution in [-0.2, 0) is 4.79 Å². The van der Waals surface area contributed by atoms with Crippen LogP contribution in [-0.4, -0.2) is 10.9 Å². The predicted molar refractivity (Wildman–Crippen MR) is 66.3 cm³/mol. The Morgan fingerprint density at radius 3 is 2.71 bits per heavy atom. The van der Waals surface area contributed by atoms with Gasteiger partial charge in [0.25, 0.3) is 0 Å². The zero-order chi connectivity index (χ0) is 12.3. The smallest absolute Gasteiger partial charge is 0.236 e. The Kier molecular flexibility index (Phi) is 3.97. The summed E-state index contributed by atoms with van der Waals surface area (Å²) in [6.45, 7) is 0. The van der Waals surface area contributed by atoms with E-state index in [2.05, 4.69) is 10.4 Å². The van der Waals surface area contributed by atoms with Crippen LogP contribution in [0.1, 0.15) is 37.2 Å². The molecule has 1 aromatic rings. The summed E-state index contributed by atoms with van der Waals surface area (Å²) in [7, 11) is 0. The summed E-state index contributed by atoms with van der Waals surface area (Å²) in [6.07, 6.45) is 5.34. The molecule has 0 bridgehead atoms. The molecule has 1 fully saturated rings. The topological polar surface area (TPSA) is 68.0 Å². The summed E-state index contributed by atoms with van der Waals surface area (Å²) in [5.41, 5.74) is 3.32. The van der Waals surface area contributed by atoms with Gasteiger partial charge in [0.15, 0.2) is 0 Å². The van der Waals surface area contributed by atoms with E-state index in [9.17, 15) is 4.79 Å². The van der Waals surface area contributed by atoms with Crippen LogP contribution in [0.2, 0.25) is 5.15 Å². The maximum Gasteiger partial charge on any atom is 0.236 e. The first kappa shape index (κ1) is 12.3. The van der Waals surface area contributed by atoms with Crippen LogP contribution in [0, 0.1) is 5.92 Å². The standard InChI is InChI=1S/C12H16ClN3O/c13-11-10(2-1-7-15-11)8-3-5-9(6-4-8)12(17)16-14/h1-2,7-9H,3-6,14H2,(H,16,17)/t8-,9-. The summed E-state index contributed by atoms with van der Waals surface area (Å²) < 4.78 is 0. The zero-order valence-corrected chi connectivity index (χ0v) is 10.3.